The molecule has 1 aliphatic rings. The zero-order chi connectivity index (χ0) is 22.7. The van der Waals surface area contributed by atoms with Gasteiger partial charge in [-0.2, -0.15) is 0 Å². The molecule has 3 aromatic rings. The zero-order valence-electron chi connectivity index (χ0n) is 18.8. The van der Waals surface area contributed by atoms with Gasteiger partial charge in [0.15, 0.2) is 0 Å². The highest BCUT2D eigenvalue weighted by Gasteiger charge is 2.33. The first-order chi connectivity index (χ1) is 15.5. The maximum Gasteiger partial charge on any atom is 0.265 e. The predicted molar refractivity (Wildman–Crippen MR) is 127 cm³/mol. The highest BCUT2D eigenvalue weighted by atomic mass is 16.3. The van der Waals surface area contributed by atoms with Gasteiger partial charge in [-0.1, -0.05) is 42.5 Å². The van der Waals surface area contributed by atoms with Crippen molar-refractivity contribution in [3.8, 4) is 5.75 Å². The van der Waals surface area contributed by atoms with Gasteiger partial charge in [-0.3, -0.25) is 9.59 Å². The Morgan fingerprint density at radius 2 is 1.75 bits per heavy atom. The Morgan fingerprint density at radius 3 is 2.44 bits per heavy atom. The number of carbonyl (C=O) groups is 1. The summed E-state index contributed by atoms with van der Waals surface area (Å²) in [6.45, 7) is 6.75. The van der Waals surface area contributed by atoms with Gasteiger partial charge in [0.05, 0.1) is 5.52 Å². The first kappa shape index (κ1) is 22.1. The van der Waals surface area contributed by atoms with E-state index in [2.05, 4.69) is 34.1 Å². The number of H-pyrrole nitrogens is 1. The van der Waals surface area contributed by atoms with E-state index < -0.39 is 11.5 Å². The summed E-state index contributed by atoms with van der Waals surface area (Å²) in [6, 6.07) is 17.4. The van der Waals surface area contributed by atoms with Crippen molar-refractivity contribution in [3.05, 3.63) is 76.1 Å². The molecule has 6 nitrogen and oxygen atoms in total. The number of carbonyl (C=O) groups excluding carboxylic acids is 1. The van der Waals surface area contributed by atoms with E-state index in [4.69, 9.17) is 0 Å². The van der Waals surface area contributed by atoms with Gasteiger partial charge in [0.25, 0.3) is 11.5 Å². The lowest BCUT2D eigenvalue weighted by atomic mass is 9.99. The predicted octanol–water partition coefficient (Wildman–Crippen LogP) is 3.79. The monoisotopic (exact) mass is 433 g/mol. The Balaban J connectivity index is 1.48. The van der Waals surface area contributed by atoms with Crippen LogP contribution in [-0.2, 0) is 6.42 Å². The van der Waals surface area contributed by atoms with E-state index in [1.54, 1.807) is 29.2 Å². The molecular formula is C26H31N3O3. The van der Waals surface area contributed by atoms with Gasteiger partial charge in [-0.15, -0.1) is 0 Å². The van der Waals surface area contributed by atoms with Gasteiger partial charge in [0, 0.05) is 37.1 Å². The average Bonchev–Trinajstić information content (AvgIpc) is 2.79. The van der Waals surface area contributed by atoms with Crippen LogP contribution in [0.3, 0.4) is 0 Å². The molecular weight excluding hydrogens is 402 g/mol. The van der Waals surface area contributed by atoms with E-state index >= 15 is 0 Å². The number of hydrogen-bond acceptors (Lipinski definition) is 4. The largest absolute Gasteiger partial charge is 0.506 e. The van der Waals surface area contributed by atoms with Crippen LogP contribution in [0.2, 0.25) is 0 Å². The standard InChI is InChI=1S/C26H31N3O3/c1-18(2)29(20-13-16-28(17-14-20)15-12-19-8-4-3-5-9-19)26(32)23-24(30)21-10-6-7-11-22(21)27-25(23)31/h3-11,18,20H,12-17H2,1-2H3,(H2,27,30,31). The lowest BCUT2D eigenvalue weighted by Crippen LogP contribution is -2.51. The van der Waals surface area contributed by atoms with Crippen LogP contribution in [0, 0.1) is 0 Å². The third kappa shape index (κ3) is 4.55. The van der Waals surface area contributed by atoms with Gasteiger partial charge < -0.3 is 19.9 Å². The molecule has 2 heterocycles. The van der Waals surface area contributed by atoms with Crippen LogP contribution in [0.4, 0.5) is 0 Å². The Labute approximate surface area is 188 Å². The third-order valence-corrected chi connectivity index (χ3v) is 6.41. The number of para-hydroxylation sites is 1. The molecule has 0 unspecified atom stereocenters. The molecule has 0 bridgehead atoms. The number of amides is 1. The molecule has 1 amide bonds. The summed E-state index contributed by atoms with van der Waals surface area (Å²) >= 11 is 0. The summed E-state index contributed by atoms with van der Waals surface area (Å²) in [6.07, 6.45) is 2.72. The van der Waals surface area contributed by atoms with Crippen molar-refractivity contribution in [1.82, 2.24) is 14.8 Å². The quantitative estimate of drug-likeness (QED) is 0.620. The molecule has 1 fully saturated rings. The number of benzene rings is 2. The smallest absolute Gasteiger partial charge is 0.265 e. The molecule has 168 valence electrons. The second-order valence-electron chi connectivity index (χ2n) is 8.84. The van der Waals surface area contributed by atoms with Gasteiger partial charge in [0.1, 0.15) is 11.3 Å². The fraction of sp³-hybridized carbons (Fsp3) is 0.385. The summed E-state index contributed by atoms with van der Waals surface area (Å²) < 4.78 is 0. The fourth-order valence-corrected chi connectivity index (χ4v) is 4.73. The molecule has 6 heteroatoms. The van der Waals surface area contributed by atoms with Crippen molar-refractivity contribution in [3.63, 3.8) is 0 Å². The molecule has 1 saturated heterocycles. The summed E-state index contributed by atoms with van der Waals surface area (Å²) in [7, 11) is 0. The van der Waals surface area contributed by atoms with Crippen molar-refractivity contribution in [2.75, 3.05) is 19.6 Å². The second kappa shape index (κ2) is 9.57. The minimum absolute atomic E-state index is 0.0424. The van der Waals surface area contributed by atoms with Crippen LogP contribution in [0.5, 0.6) is 5.75 Å². The summed E-state index contributed by atoms with van der Waals surface area (Å²) in [4.78, 5) is 33.2. The maximum absolute atomic E-state index is 13.5. The molecule has 32 heavy (non-hydrogen) atoms. The maximum atomic E-state index is 13.5. The van der Waals surface area contributed by atoms with Crippen molar-refractivity contribution < 1.29 is 9.90 Å². The van der Waals surface area contributed by atoms with Crippen LogP contribution in [0.1, 0.15) is 42.6 Å². The number of rotatable bonds is 6. The molecule has 0 aliphatic carbocycles. The Hall–Kier alpha value is -3.12. The molecule has 0 spiro atoms. The van der Waals surface area contributed by atoms with Crippen LogP contribution in [0.15, 0.2) is 59.4 Å². The molecule has 0 radical (unpaired) electrons. The average molecular weight is 434 g/mol. The van der Waals surface area contributed by atoms with Crippen LogP contribution in [-0.4, -0.2) is 57.5 Å². The fourth-order valence-electron chi connectivity index (χ4n) is 4.73. The number of likely N-dealkylation sites (tertiary alicyclic amines) is 1. The van der Waals surface area contributed by atoms with Crippen LogP contribution in [0.25, 0.3) is 10.9 Å². The van der Waals surface area contributed by atoms with E-state index in [0.717, 1.165) is 38.9 Å². The van der Waals surface area contributed by atoms with Crippen LogP contribution >= 0.6 is 0 Å². The molecule has 1 aromatic heterocycles. The number of nitrogens with zero attached hydrogens (tertiary/aromatic N) is 2. The van der Waals surface area contributed by atoms with Crippen molar-refractivity contribution in [2.24, 2.45) is 0 Å². The summed E-state index contributed by atoms with van der Waals surface area (Å²) in [5.41, 5.74) is 1.15. The number of aromatic amines is 1. The highest BCUT2D eigenvalue weighted by Crippen LogP contribution is 2.28. The molecule has 1 aliphatic heterocycles. The van der Waals surface area contributed by atoms with E-state index in [1.165, 1.54) is 5.56 Å². The Kier molecular flexibility index (Phi) is 6.61. The minimum atomic E-state index is -0.544. The third-order valence-electron chi connectivity index (χ3n) is 6.41. The topological polar surface area (TPSA) is 76.6 Å². The SMILES string of the molecule is CC(C)N(C(=O)c1c(O)c2ccccc2[nH]c1=O)C1CCN(CCc2ccccc2)CC1. The van der Waals surface area contributed by atoms with E-state index in [1.807, 2.05) is 19.9 Å². The number of nitrogens with one attached hydrogen (secondary N) is 1. The number of piperidine rings is 1. The second-order valence-corrected chi connectivity index (χ2v) is 8.84. The zero-order valence-corrected chi connectivity index (χ0v) is 18.8. The Morgan fingerprint density at radius 1 is 1.09 bits per heavy atom. The summed E-state index contributed by atoms with van der Waals surface area (Å²) in [5, 5.41) is 11.3. The lowest BCUT2D eigenvalue weighted by molar-refractivity contribution is 0.0482. The normalized spacial score (nSPS) is 15.3. The number of aromatic hydroxyl groups is 1. The summed E-state index contributed by atoms with van der Waals surface area (Å²) in [5.74, 6) is -0.632. The van der Waals surface area contributed by atoms with Crippen molar-refractivity contribution in [2.45, 2.75) is 45.2 Å². The van der Waals surface area contributed by atoms with E-state index in [9.17, 15) is 14.7 Å². The molecule has 4 rings (SSSR count). The van der Waals surface area contributed by atoms with E-state index in [-0.39, 0.29) is 23.4 Å². The van der Waals surface area contributed by atoms with Crippen molar-refractivity contribution >= 4 is 16.8 Å². The number of fused-ring (bicyclic) bond motifs is 1. The van der Waals surface area contributed by atoms with Crippen LogP contribution < -0.4 is 5.56 Å². The molecule has 0 atom stereocenters. The van der Waals surface area contributed by atoms with Gasteiger partial charge in [-0.25, -0.2) is 0 Å². The minimum Gasteiger partial charge on any atom is -0.506 e. The van der Waals surface area contributed by atoms with Crippen molar-refractivity contribution in [1.29, 1.82) is 0 Å². The molecule has 2 N–H and O–H groups in total. The first-order valence-corrected chi connectivity index (χ1v) is 11.4. The molecule has 0 saturated carbocycles. The van der Waals surface area contributed by atoms with Gasteiger partial charge in [0.2, 0.25) is 0 Å². The number of aromatic nitrogens is 1. The molecule has 2 aromatic carbocycles. The van der Waals surface area contributed by atoms with E-state index in [0.29, 0.717) is 10.9 Å². The first-order valence-electron chi connectivity index (χ1n) is 11.4. The van der Waals surface area contributed by atoms with Gasteiger partial charge >= 0.3 is 0 Å². The van der Waals surface area contributed by atoms with Gasteiger partial charge in [-0.05, 0) is 50.8 Å². The lowest BCUT2D eigenvalue weighted by Gasteiger charge is -2.40. The number of pyridine rings is 1. The number of hydrogen-bond donors (Lipinski definition) is 2. The Bertz CT molecular complexity index is 1130. The highest BCUT2D eigenvalue weighted by molar-refractivity contribution is 6.02.